The van der Waals surface area contributed by atoms with E-state index in [1.807, 2.05) is 30.3 Å². The van der Waals surface area contributed by atoms with Gasteiger partial charge in [-0.2, -0.15) is 0 Å². The van der Waals surface area contributed by atoms with E-state index in [1.165, 1.54) is 25.8 Å². The third kappa shape index (κ3) is 2.96. The Hall–Kier alpha value is -1.02. The highest BCUT2D eigenvalue weighted by Gasteiger charge is 2.18. The first-order valence-electron chi connectivity index (χ1n) is 5.74. The third-order valence-electron chi connectivity index (χ3n) is 3.11. The van der Waals surface area contributed by atoms with Crippen molar-refractivity contribution in [3.05, 3.63) is 30.3 Å². The lowest BCUT2D eigenvalue weighted by Gasteiger charge is -2.32. The summed E-state index contributed by atoms with van der Waals surface area (Å²) in [5.74, 6) is 0.983. The van der Waals surface area contributed by atoms with Gasteiger partial charge >= 0.3 is 0 Å². The van der Waals surface area contributed by atoms with Crippen molar-refractivity contribution in [1.82, 2.24) is 4.90 Å². The summed E-state index contributed by atoms with van der Waals surface area (Å²) in [5, 5.41) is 0. The lowest BCUT2D eigenvalue weighted by Crippen LogP contribution is -2.40. The molecule has 2 heteroatoms. The maximum Gasteiger partial charge on any atom is 0.119 e. The predicted octanol–water partition coefficient (Wildman–Crippen LogP) is 2.55. The quantitative estimate of drug-likeness (QED) is 0.752. The second kappa shape index (κ2) is 5.17. The number of hydrogen-bond donors (Lipinski definition) is 0. The Bertz CT molecular complexity index is 286. The molecule has 0 aromatic heterocycles. The van der Waals surface area contributed by atoms with Crippen molar-refractivity contribution in [1.29, 1.82) is 0 Å². The first-order chi connectivity index (χ1) is 7.36. The van der Waals surface area contributed by atoms with E-state index in [-0.39, 0.29) is 0 Å². The summed E-state index contributed by atoms with van der Waals surface area (Å²) in [4.78, 5) is 2.41. The molecule has 82 valence electrons. The number of rotatable bonds is 3. The van der Waals surface area contributed by atoms with E-state index < -0.39 is 0 Å². The monoisotopic (exact) mass is 205 g/mol. The summed E-state index contributed by atoms with van der Waals surface area (Å²) >= 11 is 0. The summed E-state index contributed by atoms with van der Waals surface area (Å²) in [6.45, 7) is 2.03. The molecule has 1 aliphatic heterocycles. The lowest BCUT2D eigenvalue weighted by molar-refractivity contribution is 0.125. The highest BCUT2D eigenvalue weighted by atomic mass is 16.5. The van der Waals surface area contributed by atoms with Crippen LogP contribution in [0.1, 0.15) is 19.3 Å². The molecule has 2 rings (SSSR count). The number of benzene rings is 1. The molecule has 2 nitrogen and oxygen atoms in total. The second-order valence-electron chi connectivity index (χ2n) is 4.25. The van der Waals surface area contributed by atoms with E-state index in [4.69, 9.17) is 4.74 Å². The fraction of sp³-hybridized carbons (Fsp3) is 0.538. The molecule has 0 amide bonds. The normalized spacial score (nSPS) is 22.6. The molecule has 1 aromatic carbocycles. The molecule has 1 aliphatic rings. The lowest BCUT2D eigenvalue weighted by atomic mass is 10.0. The SMILES string of the molecule is CN1CCCCC1COc1ccccc1. The first kappa shape index (κ1) is 10.5. The van der Waals surface area contributed by atoms with Gasteiger partial charge in [0.05, 0.1) is 0 Å². The van der Waals surface area contributed by atoms with Crippen molar-refractivity contribution in [3.8, 4) is 5.75 Å². The van der Waals surface area contributed by atoms with Gasteiger partial charge in [-0.25, -0.2) is 0 Å². The molecule has 0 radical (unpaired) electrons. The predicted molar refractivity (Wildman–Crippen MR) is 62.2 cm³/mol. The van der Waals surface area contributed by atoms with Gasteiger partial charge in [0.2, 0.25) is 0 Å². The van der Waals surface area contributed by atoms with E-state index in [1.54, 1.807) is 0 Å². The Labute approximate surface area is 91.9 Å². The summed E-state index contributed by atoms with van der Waals surface area (Å²) in [6, 6.07) is 10.7. The van der Waals surface area contributed by atoms with Crippen LogP contribution < -0.4 is 4.74 Å². The van der Waals surface area contributed by atoms with Crippen molar-refractivity contribution in [2.24, 2.45) is 0 Å². The van der Waals surface area contributed by atoms with Gasteiger partial charge in [0.15, 0.2) is 0 Å². The van der Waals surface area contributed by atoms with Crippen LogP contribution in [-0.4, -0.2) is 31.1 Å². The number of ether oxygens (including phenoxy) is 1. The maximum absolute atomic E-state index is 5.77. The number of para-hydroxylation sites is 1. The van der Waals surface area contributed by atoms with E-state index in [2.05, 4.69) is 11.9 Å². The molecule has 1 saturated heterocycles. The maximum atomic E-state index is 5.77. The van der Waals surface area contributed by atoms with Crippen LogP contribution in [0.5, 0.6) is 5.75 Å². The molecule has 1 unspecified atom stereocenters. The molecule has 1 heterocycles. The zero-order chi connectivity index (χ0) is 10.5. The van der Waals surface area contributed by atoms with Gasteiger partial charge in [-0.3, -0.25) is 0 Å². The Balaban J connectivity index is 1.82. The van der Waals surface area contributed by atoms with Crippen molar-refractivity contribution in [2.45, 2.75) is 25.3 Å². The van der Waals surface area contributed by atoms with Gasteiger partial charge in [-0.15, -0.1) is 0 Å². The molecular formula is C13H19NO. The number of likely N-dealkylation sites (N-methyl/N-ethyl adjacent to an activating group) is 1. The fourth-order valence-corrected chi connectivity index (χ4v) is 2.06. The number of likely N-dealkylation sites (tertiary alicyclic amines) is 1. The van der Waals surface area contributed by atoms with Crippen molar-refractivity contribution in [2.75, 3.05) is 20.2 Å². The van der Waals surface area contributed by atoms with Crippen LogP contribution in [0, 0.1) is 0 Å². The smallest absolute Gasteiger partial charge is 0.119 e. The Morgan fingerprint density at radius 2 is 2.07 bits per heavy atom. The van der Waals surface area contributed by atoms with Crippen LogP contribution in [-0.2, 0) is 0 Å². The number of hydrogen-bond acceptors (Lipinski definition) is 2. The summed E-state index contributed by atoms with van der Waals surface area (Å²) in [5.41, 5.74) is 0. The summed E-state index contributed by atoms with van der Waals surface area (Å²) in [6.07, 6.45) is 3.94. The molecule has 0 bridgehead atoms. The van der Waals surface area contributed by atoms with Crippen molar-refractivity contribution in [3.63, 3.8) is 0 Å². The zero-order valence-electron chi connectivity index (χ0n) is 9.36. The highest BCUT2D eigenvalue weighted by molar-refractivity contribution is 5.20. The Morgan fingerprint density at radius 1 is 1.27 bits per heavy atom. The topological polar surface area (TPSA) is 12.5 Å². The largest absolute Gasteiger partial charge is 0.492 e. The standard InChI is InChI=1S/C13H19NO/c1-14-10-6-5-7-12(14)11-15-13-8-3-2-4-9-13/h2-4,8-9,12H,5-7,10-11H2,1H3. The van der Waals surface area contributed by atoms with Gasteiger partial charge in [0, 0.05) is 6.04 Å². The van der Waals surface area contributed by atoms with Crippen LogP contribution >= 0.6 is 0 Å². The summed E-state index contributed by atoms with van der Waals surface area (Å²) in [7, 11) is 2.19. The van der Waals surface area contributed by atoms with Gasteiger partial charge in [-0.05, 0) is 38.6 Å². The van der Waals surface area contributed by atoms with Gasteiger partial charge in [-0.1, -0.05) is 24.6 Å². The van der Waals surface area contributed by atoms with E-state index >= 15 is 0 Å². The van der Waals surface area contributed by atoms with Crippen LogP contribution in [0.4, 0.5) is 0 Å². The Morgan fingerprint density at radius 3 is 2.80 bits per heavy atom. The van der Waals surface area contributed by atoms with Crippen molar-refractivity contribution >= 4 is 0 Å². The van der Waals surface area contributed by atoms with Crippen LogP contribution in [0.2, 0.25) is 0 Å². The fourth-order valence-electron chi connectivity index (χ4n) is 2.06. The molecule has 1 aromatic rings. The van der Waals surface area contributed by atoms with Crippen LogP contribution in [0.3, 0.4) is 0 Å². The van der Waals surface area contributed by atoms with Gasteiger partial charge in [0.25, 0.3) is 0 Å². The zero-order valence-corrected chi connectivity index (χ0v) is 9.36. The minimum absolute atomic E-state index is 0.596. The van der Waals surface area contributed by atoms with Crippen LogP contribution in [0.25, 0.3) is 0 Å². The van der Waals surface area contributed by atoms with Gasteiger partial charge < -0.3 is 9.64 Å². The number of nitrogens with zero attached hydrogens (tertiary/aromatic N) is 1. The molecular weight excluding hydrogens is 186 g/mol. The minimum atomic E-state index is 0.596. The molecule has 15 heavy (non-hydrogen) atoms. The number of piperidine rings is 1. The second-order valence-corrected chi connectivity index (χ2v) is 4.25. The average molecular weight is 205 g/mol. The average Bonchev–Trinajstić information content (AvgIpc) is 2.29. The molecule has 1 atom stereocenters. The highest BCUT2D eigenvalue weighted by Crippen LogP contribution is 2.16. The Kier molecular flexibility index (Phi) is 3.62. The van der Waals surface area contributed by atoms with E-state index in [0.29, 0.717) is 6.04 Å². The summed E-state index contributed by atoms with van der Waals surface area (Å²) < 4.78 is 5.77. The van der Waals surface area contributed by atoms with Gasteiger partial charge in [0.1, 0.15) is 12.4 Å². The molecule has 0 spiro atoms. The van der Waals surface area contributed by atoms with E-state index in [9.17, 15) is 0 Å². The van der Waals surface area contributed by atoms with Crippen LogP contribution in [0.15, 0.2) is 30.3 Å². The molecule has 0 N–H and O–H groups in total. The van der Waals surface area contributed by atoms with Crippen molar-refractivity contribution < 1.29 is 4.74 Å². The first-order valence-corrected chi connectivity index (χ1v) is 5.74. The third-order valence-corrected chi connectivity index (χ3v) is 3.11. The van der Waals surface area contributed by atoms with E-state index in [0.717, 1.165) is 12.4 Å². The molecule has 0 aliphatic carbocycles. The molecule has 0 saturated carbocycles. The molecule has 1 fully saturated rings. The minimum Gasteiger partial charge on any atom is -0.492 e.